The highest BCUT2D eigenvalue weighted by Gasteiger charge is 2.34. The van der Waals surface area contributed by atoms with Gasteiger partial charge in [0.1, 0.15) is 22.8 Å². The Hall–Kier alpha value is -2.39. The molecule has 2 amide bonds. The van der Waals surface area contributed by atoms with E-state index in [1.54, 1.807) is 20.8 Å². The van der Waals surface area contributed by atoms with Gasteiger partial charge in [0, 0.05) is 12.1 Å². The second-order valence-corrected chi connectivity index (χ2v) is 7.99. The van der Waals surface area contributed by atoms with E-state index < -0.39 is 52.6 Å². The number of amides is 2. The quantitative estimate of drug-likeness (QED) is 0.703. The highest BCUT2D eigenvalue weighted by molar-refractivity contribution is 5.95. The molecule has 0 aromatic heterocycles. The molecule has 29 heavy (non-hydrogen) atoms. The number of hydrogen-bond acceptors (Lipinski definition) is 3. The fourth-order valence-corrected chi connectivity index (χ4v) is 3.14. The van der Waals surface area contributed by atoms with Crippen molar-refractivity contribution in [2.75, 3.05) is 0 Å². The van der Waals surface area contributed by atoms with Crippen LogP contribution in [0.4, 0.5) is 26.7 Å². The molecule has 2 N–H and O–H groups in total. The number of nitrogens with one attached hydrogen (secondary N) is 2. The third-order valence-corrected chi connectivity index (χ3v) is 4.33. The molecule has 1 fully saturated rings. The van der Waals surface area contributed by atoms with Crippen molar-refractivity contribution in [1.82, 2.24) is 10.6 Å². The van der Waals surface area contributed by atoms with Gasteiger partial charge in [0.15, 0.2) is 0 Å². The van der Waals surface area contributed by atoms with E-state index in [9.17, 15) is 31.5 Å². The predicted molar refractivity (Wildman–Crippen MR) is 94.2 cm³/mol. The van der Waals surface area contributed by atoms with E-state index in [0.29, 0.717) is 25.7 Å². The van der Waals surface area contributed by atoms with E-state index in [-0.39, 0.29) is 18.2 Å². The summed E-state index contributed by atoms with van der Waals surface area (Å²) < 4.78 is 71.0. The Labute approximate surface area is 165 Å². The third-order valence-electron chi connectivity index (χ3n) is 4.33. The average molecular weight is 422 g/mol. The molecular formula is C19H23F5N2O3. The van der Waals surface area contributed by atoms with Crippen LogP contribution in [0.25, 0.3) is 0 Å². The smallest absolute Gasteiger partial charge is 0.416 e. The van der Waals surface area contributed by atoms with Gasteiger partial charge in [-0.15, -0.1) is 0 Å². The second kappa shape index (κ2) is 8.54. The lowest BCUT2D eigenvalue weighted by Crippen LogP contribution is -2.47. The van der Waals surface area contributed by atoms with Gasteiger partial charge in [-0.25, -0.2) is 13.6 Å². The Morgan fingerprint density at radius 1 is 1.00 bits per heavy atom. The Balaban J connectivity index is 2.03. The topological polar surface area (TPSA) is 67.4 Å². The maximum absolute atomic E-state index is 14.0. The minimum atomic E-state index is -4.93. The molecule has 0 heterocycles. The van der Waals surface area contributed by atoms with Crippen LogP contribution in [0, 0.1) is 11.6 Å². The zero-order valence-electron chi connectivity index (χ0n) is 16.3. The molecule has 2 rings (SSSR count). The van der Waals surface area contributed by atoms with Crippen LogP contribution in [-0.2, 0) is 10.9 Å². The van der Waals surface area contributed by atoms with Gasteiger partial charge in [0.25, 0.3) is 5.91 Å². The summed E-state index contributed by atoms with van der Waals surface area (Å²) in [6, 6.07) is -0.638. The van der Waals surface area contributed by atoms with Gasteiger partial charge in [0.05, 0.1) is 5.56 Å². The number of carbonyl (C=O) groups is 2. The van der Waals surface area contributed by atoms with Gasteiger partial charge in [-0.05, 0) is 58.6 Å². The molecule has 1 aromatic rings. The first-order valence-corrected chi connectivity index (χ1v) is 9.13. The molecule has 0 unspecified atom stereocenters. The molecule has 5 nitrogen and oxygen atoms in total. The van der Waals surface area contributed by atoms with E-state index in [1.807, 2.05) is 0 Å². The van der Waals surface area contributed by atoms with Crippen molar-refractivity contribution < 1.29 is 36.3 Å². The molecule has 1 aliphatic rings. The fraction of sp³-hybridized carbons (Fsp3) is 0.579. The SMILES string of the molecule is CC(C)(C)OC(=O)N[C@H]1CCC[C@@H](NC(=O)c2c(F)cc(C(F)(F)F)cc2F)C1. The maximum Gasteiger partial charge on any atom is 0.416 e. The maximum atomic E-state index is 14.0. The Morgan fingerprint density at radius 3 is 2.00 bits per heavy atom. The number of alkyl halides is 3. The largest absolute Gasteiger partial charge is 0.444 e. The van der Waals surface area contributed by atoms with Crippen molar-refractivity contribution in [2.24, 2.45) is 0 Å². The zero-order chi connectivity index (χ0) is 22.0. The monoisotopic (exact) mass is 422 g/mol. The van der Waals surface area contributed by atoms with E-state index in [1.165, 1.54) is 0 Å². The summed E-state index contributed by atoms with van der Waals surface area (Å²) in [6.07, 6.45) is -3.48. The lowest BCUT2D eigenvalue weighted by molar-refractivity contribution is -0.138. The Bertz CT molecular complexity index is 751. The van der Waals surface area contributed by atoms with E-state index in [0.717, 1.165) is 0 Å². The van der Waals surface area contributed by atoms with Crippen molar-refractivity contribution in [1.29, 1.82) is 0 Å². The number of hydrogen-bond donors (Lipinski definition) is 2. The van der Waals surface area contributed by atoms with Crippen molar-refractivity contribution in [3.05, 3.63) is 34.9 Å². The highest BCUT2D eigenvalue weighted by atomic mass is 19.4. The van der Waals surface area contributed by atoms with Crippen LogP contribution >= 0.6 is 0 Å². The van der Waals surface area contributed by atoms with Crippen molar-refractivity contribution in [3.63, 3.8) is 0 Å². The number of ether oxygens (including phenoxy) is 1. The molecule has 0 saturated heterocycles. The molecule has 1 aromatic carbocycles. The summed E-state index contributed by atoms with van der Waals surface area (Å²) in [5.41, 5.74) is -3.26. The highest BCUT2D eigenvalue weighted by Crippen LogP contribution is 2.31. The van der Waals surface area contributed by atoms with E-state index >= 15 is 0 Å². The van der Waals surface area contributed by atoms with Gasteiger partial charge in [-0.3, -0.25) is 4.79 Å². The van der Waals surface area contributed by atoms with Crippen molar-refractivity contribution >= 4 is 12.0 Å². The summed E-state index contributed by atoms with van der Waals surface area (Å²) in [7, 11) is 0. The third kappa shape index (κ3) is 6.57. The van der Waals surface area contributed by atoms with Crippen LogP contribution < -0.4 is 10.6 Å². The molecule has 0 bridgehead atoms. The molecule has 1 aliphatic carbocycles. The zero-order valence-corrected chi connectivity index (χ0v) is 16.3. The minimum Gasteiger partial charge on any atom is -0.444 e. The second-order valence-electron chi connectivity index (χ2n) is 7.99. The lowest BCUT2D eigenvalue weighted by Gasteiger charge is -2.31. The van der Waals surface area contributed by atoms with Gasteiger partial charge >= 0.3 is 12.3 Å². The first-order valence-electron chi connectivity index (χ1n) is 9.13. The van der Waals surface area contributed by atoms with Crippen LogP contribution in [0.2, 0.25) is 0 Å². The summed E-state index contributed by atoms with van der Waals surface area (Å²) >= 11 is 0. The molecule has 0 aliphatic heterocycles. The number of alkyl carbamates (subject to hydrolysis) is 1. The number of rotatable bonds is 3. The van der Waals surface area contributed by atoms with Crippen LogP contribution in [0.5, 0.6) is 0 Å². The molecule has 10 heteroatoms. The molecule has 0 radical (unpaired) electrons. The summed E-state index contributed by atoms with van der Waals surface area (Å²) in [6.45, 7) is 5.14. The number of benzene rings is 1. The Kier molecular flexibility index (Phi) is 6.74. The van der Waals surface area contributed by atoms with Crippen LogP contribution in [0.15, 0.2) is 12.1 Å². The van der Waals surface area contributed by atoms with Gasteiger partial charge in [0.2, 0.25) is 0 Å². The van der Waals surface area contributed by atoms with Gasteiger partial charge in [-0.1, -0.05) is 0 Å². The molecular weight excluding hydrogens is 399 g/mol. The molecule has 162 valence electrons. The van der Waals surface area contributed by atoms with E-state index in [4.69, 9.17) is 4.74 Å². The number of carbonyl (C=O) groups excluding carboxylic acids is 2. The Morgan fingerprint density at radius 2 is 1.52 bits per heavy atom. The van der Waals surface area contributed by atoms with Crippen LogP contribution in [-0.4, -0.2) is 29.7 Å². The first kappa shape index (κ1) is 22.9. The summed E-state index contributed by atoms with van der Waals surface area (Å²) in [4.78, 5) is 24.1. The molecule has 2 atom stereocenters. The van der Waals surface area contributed by atoms with Crippen molar-refractivity contribution in [3.8, 4) is 0 Å². The standard InChI is InChI=1S/C19H23F5N2O3/c1-18(2,3)29-17(28)26-12-6-4-5-11(9-12)25-16(27)15-13(20)7-10(8-14(15)21)19(22,23)24/h7-8,11-12H,4-6,9H2,1-3H3,(H,25,27)(H,26,28)/t11-,12+/m1/s1. The number of halogens is 5. The van der Waals surface area contributed by atoms with E-state index in [2.05, 4.69) is 10.6 Å². The van der Waals surface area contributed by atoms with Gasteiger partial charge < -0.3 is 15.4 Å². The molecule has 0 spiro atoms. The van der Waals surface area contributed by atoms with Crippen molar-refractivity contribution in [2.45, 2.75) is 70.3 Å². The lowest BCUT2D eigenvalue weighted by atomic mass is 9.91. The molecule has 1 saturated carbocycles. The van der Waals surface area contributed by atoms with Crippen LogP contribution in [0.3, 0.4) is 0 Å². The van der Waals surface area contributed by atoms with Crippen LogP contribution in [0.1, 0.15) is 62.4 Å². The minimum absolute atomic E-state index is 0.0890. The summed E-state index contributed by atoms with van der Waals surface area (Å²) in [5.74, 6) is -4.32. The summed E-state index contributed by atoms with van der Waals surface area (Å²) in [5, 5.41) is 5.11. The normalized spacial score (nSPS) is 20.1. The first-order chi connectivity index (χ1) is 13.3. The predicted octanol–water partition coefficient (Wildman–Crippen LogP) is 4.55. The fourth-order valence-electron chi connectivity index (χ4n) is 3.14. The average Bonchev–Trinajstić information content (AvgIpc) is 2.51. The van der Waals surface area contributed by atoms with Gasteiger partial charge in [-0.2, -0.15) is 13.2 Å².